The molecule has 4 nitrogen and oxygen atoms in total. The Morgan fingerprint density at radius 3 is 2.28 bits per heavy atom. The molecule has 1 amide bonds. The highest BCUT2D eigenvalue weighted by Crippen LogP contribution is 2.23. The Labute approximate surface area is 115 Å². The maximum absolute atomic E-state index is 10.8. The van der Waals surface area contributed by atoms with Gasteiger partial charge in [-0.05, 0) is 24.6 Å². The molecule has 1 aliphatic heterocycles. The molecule has 0 aliphatic carbocycles. The molecule has 0 radical (unpaired) electrons. The SMILES string of the molecule is C[C@H](c1ccc(Br)cc1)N1CCN(C(=O)O)CC1. The maximum Gasteiger partial charge on any atom is 0.407 e. The molecule has 1 atom stereocenters. The molecule has 1 saturated heterocycles. The van der Waals surface area contributed by atoms with Crippen LogP contribution in [0.2, 0.25) is 0 Å². The van der Waals surface area contributed by atoms with E-state index in [-0.39, 0.29) is 0 Å². The van der Waals surface area contributed by atoms with Gasteiger partial charge in [0.15, 0.2) is 0 Å². The fraction of sp³-hybridized carbons (Fsp3) is 0.462. The van der Waals surface area contributed by atoms with E-state index in [1.807, 2.05) is 12.1 Å². The van der Waals surface area contributed by atoms with Gasteiger partial charge in [0.2, 0.25) is 0 Å². The van der Waals surface area contributed by atoms with Crippen molar-refractivity contribution in [1.82, 2.24) is 9.80 Å². The lowest BCUT2D eigenvalue weighted by Gasteiger charge is -2.37. The topological polar surface area (TPSA) is 43.8 Å². The smallest absolute Gasteiger partial charge is 0.407 e. The van der Waals surface area contributed by atoms with E-state index in [9.17, 15) is 4.79 Å². The third-order valence-corrected chi connectivity index (χ3v) is 4.01. The summed E-state index contributed by atoms with van der Waals surface area (Å²) in [6.07, 6.45) is -0.814. The zero-order valence-electron chi connectivity index (χ0n) is 10.3. The molecule has 0 saturated carbocycles. The van der Waals surface area contributed by atoms with Gasteiger partial charge in [0.1, 0.15) is 0 Å². The first-order valence-electron chi connectivity index (χ1n) is 6.05. The average molecular weight is 313 g/mol. The van der Waals surface area contributed by atoms with Gasteiger partial charge in [0.05, 0.1) is 0 Å². The van der Waals surface area contributed by atoms with Gasteiger partial charge in [-0.1, -0.05) is 28.1 Å². The predicted molar refractivity (Wildman–Crippen MR) is 73.7 cm³/mol. The van der Waals surface area contributed by atoms with Gasteiger partial charge >= 0.3 is 6.09 Å². The molecule has 0 bridgehead atoms. The molecular formula is C13H17BrN2O2. The number of amides is 1. The Hall–Kier alpha value is -1.07. The summed E-state index contributed by atoms with van der Waals surface area (Å²) in [5.74, 6) is 0. The molecule has 0 spiro atoms. The highest BCUT2D eigenvalue weighted by atomic mass is 79.9. The van der Waals surface area contributed by atoms with Crippen LogP contribution in [0.15, 0.2) is 28.7 Å². The van der Waals surface area contributed by atoms with Gasteiger partial charge in [-0.3, -0.25) is 4.90 Å². The lowest BCUT2D eigenvalue weighted by molar-refractivity contribution is 0.0889. The number of carbonyl (C=O) groups is 1. The highest BCUT2D eigenvalue weighted by Gasteiger charge is 2.24. The molecule has 1 aliphatic rings. The minimum absolute atomic E-state index is 0.328. The monoisotopic (exact) mass is 312 g/mol. The third-order valence-electron chi connectivity index (χ3n) is 3.48. The van der Waals surface area contributed by atoms with Crippen LogP contribution in [0.5, 0.6) is 0 Å². The number of benzene rings is 1. The standard InChI is InChI=1S/C13H17BrN2O2/c1-10(11-2-4-12(14)5-3-11)15-6-8-16(9-7-15)13(17)18/h2-5,10H,6-9H2,1H3,(H,17,18)/t10-/m1/s1. The second-order valence-corrected chi connectivity index (χ2v) is 5.45. The minimum Gasteiger partial charge on any atom is -0.465 e. The van der Waals surface area contributed by atoms with Crippen LogP contribution in [0, 0.1) is 0 Å². The molecule has 18 heavy (non-hydrogen) atoms. The van der Waals surface area contributed by atoms with Gasteiger partial charge in [-0.25, -0.2) is 4.79 Å². The quantitative estimate of drug-likeness (QED) is 0.913. The van der Waals surface area contributed by atoms with Crippen molar-refractivity contribution in [2.24, 2.45) is 0 Å². The lowest BCUT2D eigenvalue weighted by Crippen LogP contribution is -2.48. The molecule has 0 aromatic heterocycles. The molecule has 1 fully saturated rings. The highest BCUT2D eigenvalue weighted by molar-refractivity contribution is 9.10. The van der Waals surface area contributed by atoms with Crippen LogP contribution in [0.3, 0.4) is 0 Å². The summed E-state index contributed by atoms with van der Waals surface area (Å²) in [5, 5.41) is 8.91. The molecule has 98 valence electrons. The van der Waals surface area contributed by atoms with E-state index in [1.165, 1.54) is 10.5 Å². The summed E-state index contributed by atoms with van der Waals surface area (Å²) in [6, 6.07) is 8.63. The summed E-state index contributed by atoms with van der Waals surface area (Å²) >= 11 is 3.43. The fourth-order valence-corrected chi connectivity index (χ4v) is 2.52. The van der Waals surface area contributed by atoms with Gasteiger partial charge in [0.25, 0.3) is 0 Å². The summed E-state index contributed by atoms with van der Waals surface area (Å²) in [4.78, 5) is 14.6. The zero-order chi connectivity index (χ0) is 13.1. The molecule has 2 rings (SSSR count). The second kappa shape index (κ2) is 5.71. The predicted octanol–water partition coefficient (Wildman–Crippen LogP) is 2.81. The van der Waals surface area contributed by atoms with Crippen molar-refractivity contribution in [2.45, 2.75) is 13.0 Å². The zero-order valence-corrected chi connectivity index (χ0v) is 11.9. The Morgan fingerprint density at radius 2 is 1.78 bits per heavy atom. The Kier molecular flexibility index (Phi) is 4.24. The fourth-order valence-electron chi connectivity index (χ4n) is 2.25. The molecule has 1 aromatic rings. The maximum atomic E-state index is 10.8. The van der Waals surface area contributed by atoms with E-state index in [4.69, 9.17) is 5.11 Å². The van der Waals surface area contributed by atoms with Crippen LogP contribution < -0.4 is 0 Å². The Bertz CT molecular complexity index is 414. The summed E-state index contributed by atoms with van der Waals surface area (Å²) in [5.41, 5.74) is 1.27. The van der Waals surface area contributed by atoms with Crippen molar-refractivity contribution in [3.05, 3.63) is 34.3 Å². The summed E-state index contributed by atoms with van der Waals surface area (Å²) in [7, 11) is 0. The largest absolute Gasteiger partial charge is 0.465 e. The minimum atomic E-state index is -0.814. The van der Waals surface area contributed by atoms with Gasteiger partial charge < -0.3 is 10.0 Å². The summed E-state index contributed by atoms with van der Waals surface area (Å²) < 4.78 is 1.08. The van der Waals surface area contributed by atoms with Crippen LogP contribution >= 0.6 is 15.9 Å². The number of piperazine rings is 1. The lowest BCUT2D eigenvalue weighted by atomic mass is 10.1. The number of hydrogen-bond donors (Lipinski definition) is 1. The van der Waals surface area contributed by atoms with E-state index in [0.29, 0.717) is 19.1 Å². The van der Waals surface area contributed by atoms with Crippen molar-refractivity contribution < 1.29 is 9.90 Å². The van der Waals surface area contributed by atoms with Gasteiger partial charge in [0, 0.05) is 36.7 Å². The summed E-state index contributed by atoms with van der Waals surface area (Å²) in [6.45, 7) is 4.94. The molecule has 5 heteroatoms. The van der Waals surface area contributed by atoms with Crippen LogP contribution in [0.1, 0.15) is 18.5 Å². The van der Waals surface area contributed by atoms with Crippen molar-refractivity contribution in [2.75, 3.05) is 26.2 Å². The van der Waals surface area contributed by atoms with E-state index >= 15 is 0 Å². The Morgan fingerprint density at radius 1 is 1.22 bits per heavy atom. The van der Waals surface area contributed by atoms with Crippen LogP contribution in [0.4, 0.5) is 4.79 Å². The number of rotatable bonds is 2. The molecule has 0 unspecified atom stereocenters. The third kappa shape index (κ3) is 3.03. The van der Waals surface area contributed by atoms with Gasteiger partial charge in [-0.15, -0.1) is 0 Å². The van der Waals surface area contributed by atoms with E-state index < -0.39 is 6.09 Å². The Balaban J connectivity index is 1.97. The molecule has 1 N–H and O–H groups in total. The average Bonchev–Trinajstić information content (AvgIpc) is 2.39. The van der Waals surface area contributed by atoms with Gasteiger partial charge in [-0.2, -0.15) is 0 Å². The van der Waals surface area contributed by atoms with E-state index in [0.717, 1.165) is 17.6 Å². The number of hydrogen-bond acceptors (Lipinski definition) is 2. The molecule has 1 aromatic carbocycles. The van der Waals surface area contributed by atoms with Crippen LogP contribution in [-0.4, -0.2) is 47.2 Å². The first kappa shape index (κ1) is 13.4. The van der Waals surface area contributed by atoms with Crippen LogP contribution in [-0.2, 0) is 0 Å². The van der Waals surface area contributed by atoms with Crippen molar-refractivity contribution in [3.8, 4) is 0 Å². The molecule has 1 heterocycles. The number of carboxylic acid groups (broad SMARTS) is 1. The molecular weight excluding hydrogens is 296 g/mol. The first-order valence-corrected chi connectivity index (χ1v) is 6.84. The van der Waals surface area contributed by atoms with E-state index in [2.05, 4.69) is 39.9 Å². The van der Waals surface area contributed by atoms with Crippen molar-refractivity contribution in [1.29, 1.82) is 0 Å². The van der Waals surface area contributed by atoms with E-state index in [1.54, 1.807) is 0 Å². The van der Waals surface area contributed by atoms with Crippen molar-refractivity contribution >= 4 is 22.0 Å². The van der Waals surface area contributed by atoms with Crippen LogP contribution in [0.25, 0.3) is 0 Å². The normalized spacial score (nSPS) is 18.7. The second-order valence-electron chi connectivity index (χ2n) is 4.53. The van der Waals surface area contributed by atoms with Crippen molar-refractivity contribution in [3.63, 3.8) is 0 Å². The number of nitrogens with zero attached hydrogens (tertiary/aromatic N) is 2. The first-order chi connectivity index (χ1) is 8.58. The number of halogens is 1.